The topological polar surface area (TPSA) is 80.4 Å². The van der Waals surface area contributed by atoms with Crippen LogP contribution in [0.25, 0.3) is 10.9 Å². The van der Waals surface area contributed by atoms with E-state index in [0.717, 1.165) is 5.39 Å². The summed E-state index contributed by atoms with van der Waals surface area (Å²) in [6.07, 6.45) is 3.02. The zero-order valence-electron chi connectivity index (χ0n) is 11.8. The third-order valence-corrected chi connectivity index (χ3v) is 3.18. The molecule has 114 valence electrons. The molecule has 0 bridgehead atoms. The van der Waals surface area contributed by atoms with Gasteiger partial charge in [-0.2, -0.15) is 5.10 Å². The van der Waals surface area contributed by atoms with Gasteiger partial charge >= 0.3 is 0 Å². The van der Waals surface area contributed by atoms with Crippen LogP contribution in [0.3, 0.4) is 0 Å². The average molecular weight is 310 g/mol. The number of pyridine rings is 1. The van der Waals surface area contributed by atoms with E-state index in [1.807, 2.05) is 0 Å². The summed E-state index contributed by atoms with van der Waals surface area (Å²) in [7, 11) is 0. The largest absolute Gasteiger partial charge is 0.278 e. The number of nitrogens with zero attached hydrogens (tertiary/aromatic N) is 3. The molecule has 3 rings (SSSR count). The number of hydrazone groups is 1. The Morgan fingerprint density at radius 1 is 1.22 bits per heavy atom. The maximum Gasteiger partial charge on any atom is 0.270 e. The molecule has 6 nitrogen and oxygen atoms in total. The molecule has 0 amide bonds. The minimum atomic E-state index is -0.463. The van der Waals surface area contributed by atoms with Crippen molar-refractivity contribution in [2.75, 3.05) is 5.43 Å². The Hall–Kier alpha value is -3.35. The fraction of sp³-hybridized carbons (Fsp3) is 0. The van der Waals surface area contributed by atoms with Gasteiger partial charge in [0.05, 0.1) is 22.3 Å². The fourth-order valence-electron chi connectivity index (χ4n) is 2.11. The van der Waals surface area contributed by atoms with Crippen LogP contribution in [0, 0.1) is 15.9 Å². The van der Waals surface area contributed by atoms with E-state index in [9.17, 15) is 14.5 Å². The number of nitro groups is 1. The molecule has 1 N–H and O–H groups in total. The molecule has 0 fully saturated rings. The van der Waals surface area contributed by atoms with Gasteiger partial charge in [0, 0.05) is 35.3 Å². The van der Waals surface area contributed by atoms with Crippen LogP contribution in [0.2, 0.25) is 0 Å². The van der Waals surface area contributed by atoms with Gasteiger partial charge in [0.25, 0.3) is 5.69 Å². The van der Waals surface area contributed by atoms with Crippen molar-refractivity contribution in [1.29, 1.82) is 0 Å². The van der Waals surface area contributed by atoms with Crippen LogP contribution in [0.4, 0.5) is 15.8 Å². The zero-order valence-corrected chi connectivity index (χ0v) is 11.8. The molecule has 0 aliphatic carbocycles. The van der Waals surface area contributed by atoms with E-state index in [4.69, 9.17) is 0 Å². The molecule has 0 aliphatic heterocycles. The molecule has 1 heterocycles. The van der Waals surface area contributed by atoms with E-state index in [1.54, 1.807) is 30.5 Å². The smallest absolute Gasteiger partial charge is 0.270 e. The first-order valence-electron chi connectivity index (χ1n) is 6.71. The number of nitro benzene ring substituents is 1. The van der Waals surface area contributed by atoms with Gasteiger partial charge in [-0.25, -0.2) is 4.39 Å². The highest BCUT2D eigenvalue weighted by molar-refractivity contribution is 5.91. The second-order valence-corrected chi connectivity index (χ2v) is 4.74. The Morgan fingerprint density at radius 3 is 2.91 bits per heavy atom. The van der Waals surface area contributed by atoms with Gasteiger partial charge in [0.2, 0.25) is 0 Å². The number of nitrogens with one attached hydrogen (secondary N) is 1. The third-order valence-electron chi connectivity index (χ3n) is 3.18. The van der Waals surface area contributed by atoms with Crippen molar-refractivity contribution in [3.8, 4) is 0 Å². The number of anilines is 1. The SMILES string of the molecule is O=[N+]([O-])c1cccc(/C=N/Nc2ccnc3cc(F)ccc23)c1. The van der Waals surface area contributed by atoms with Crippen LogP contribution in [0.5, 0.6) is 0 Å². The summed E-state index contributed by atoms with van der Waals surface area (Å²) in [6.45, 7) is 0. The fourth-order valence-corrected chi connectivity index (χ4v) is 2.11. The highest BCUT2D eigenvalue weighted by Crippen LogP contribution is 2.22. The number of non-ortho nitro benzene ring substituents is 1. The highest BCUT2D eigenvalue weighted by Gasteiger charge is 2.04. The number of fused-ring (bicyclic) bond motifs is 1. The zero-order chi connectivity index (χ0) is 16.2. The van der Waals surface area contributed by atoms with Gasteiger partial charge in [0.15, 0.2) is 0 Å². The van der Waals surface area contributed by atoms with Crippen molar-refractivity contribution >= 4 is 28.5 Å². The van der Waals surface area contributed by atoms with Crippen LogP contribution in [-0.2, 0) is 0 Å². The molecular weight excluding hydrogens is 299 g/mol. The summed E-state index contributed by atoms with van der Waals surface area (Å²) in [5.41, 5.74) is 4.61. The summed E-state index contributed by atoms with van der Waals surface area (Å²) in [4.78, 5) is 14.4. The van der Waals surface area contributed by atoms with Gasteiger partial charge in [-0.3, -0.25) is 20.5 Å². The number of rotatable bonds is 4. The summed E-state index contributed by atoms with van der Waals surface area (Å²) < 4.78 is 13.2. The van der Waals surface area contributed by atoms with Crippen molar-refractivity contribution in [2.45, 2.75) is 0 Å². The Kier molecular flexibility index (Phi) is 3.92. The van der Waals surface area contributed by atoms with Crippen LogP contribution in [0.15, 0.2) is 59.8 Å². The highest BCUT2D eigenvalue weighted by atomic mass is 19.1. The second-order valence-electron chi connectivity index (χ2n) is 4.74. The molecule has 3 aromatic rings. The molecule has 0 saturated carbocycles. The van der Waals surface area contributed by atoms with Crippen molar-refractivity contribution in [1.82, 2.24) is 4.98 Å². The van der Waals surface area contributed by atoms with Crippen LogP contribution < -0.4 is 5.43 Å². The molecule has 0 spiro atoms. The lowest BCUT2D eigenvalue weighted by Gasteiger charge is -2.04. The first-order chi connectivity index (χ1) is 11.1. The molecule has 0 radical (unpaired) electrons. The van der Waals surface area contributed by atoms with Crippen LogP contribution >= 0.6 is 0 Å². The van der Waals surface area contributed by atoms with Crippen molar-refractivity contribution < 1.29 is 9.31 Å². The predicted molar refractivity (Wildman–Crippen MR) is 86.0 cm³/mol. The van der Waals surface area contributed by atoms with Gasteiger partial charge in [-0.05, 0) is 18.2 Å². The molecule has 0 saturated heterocycles. The standard InChI is InChI=1S/C16H11FN4O2/c17-12-4-5-14-15(6-7-18-16(14)9-12)20-19-10-11-2-1-3-13(8-11)21(22)23/h1-10H,(H,18,20)/b19-10+. The number of halogens is 1. The van der Waals surface area contributed by atoms with Crippen molar-refractivity contribution in [3.05, 3.63) is 76.2 Å². The Morgan fingerprint density at radius 2 is 2.09 bits per heavy atom. The summed E-state index contributed by atoms with van der Waals surface area (Å²) in [6, 6.07) is 12.1. The normalized spacial score (nSPS) is 11.0. The van der Waals surface area contributed by atoms with Crippen LogP contribution in [0.1, 0.15) is 5.56 Å². The minimum absolute atomic E-state index is 0.00112. The summed E-state index contributed by atoms with van der Waals surface area (Å²) >= 11 is 0. The minimum Gasteiger partial charge on any atom is -0.278 e. The summed E-state index contributed by atoms with van der Waals surface area (Å²) in [5, 5.41) is 15.5. The predicted octanol–water partition coefficient (Wildman–Crippen LogP) is 3.73. The summed E-state index contributed by atoms with van der Waals surface area (Å²) in [5.74, 6) is -0.359. The van der Waals surface area contributed by atoms with Gasteiger partial charge < -0.3 is 0 Å². The van der Waals surface area contributed by atoms with E-state index in [-0.39, 0.29) is 11.5 Å². The maximum absolute atomic E-state index is 13.2. The molecule has 0 atom stereocenters. The molecule has 1 aromatic heterocycles. The maximum atomic E-state index is 13.2. The van der Waals surface area contributed by atoms with E-state index < -0.39 is 4.92 Å². The third kappa shape index (κ3) is 3.29. The molecular formula is C16H11FN4O2. The number of aromatic nitrogens is 1. The lowest BCUT2D eigenvalue weighted by atomic mass is 10.2. The molecule has 23 heavy (non-hydrogen) atoms. The van der Waals surface area contributed by atoms with E-state index >= 15 is 0 Å². The number of hydrogen-bond acceptors (Lipinski definition) is 5. The monoisotopic (exact) mass is 310 g/mol. The van der Waals surface area contributed by atoms with E-state index in [2.05, 4.69) is 15.5 Å². The Bertz CT molecular complexity index is 911. The van der Waals surface area contributed by atoms with E-state index in [0.29, 0.717) is 16.8 Å². The molecule has 0 aliphatic rings. The van der Waals surface area contributed by atoms with Gasteiger partial charge in [-0.1, -0.05) is 12.1 Å². The lowest BCUT2D eigenvalue weighted by molar-refractivity contribution is -0.384. The first-order valence-corrected chi connectivity index (χ1v) is 6.71. The number of hydrogen-bond donors (Lipinski definition) is 1. The average Bonchev–Trinajstić information content (AvgIpc) is 2.55. The van der Waals surface area contributed by atoms with E-state index in [1.165, 1.54) is 30.5 Å². The van der Waals surface area contributed by atoms with Crippen LogP contribution in [-0.4, -0.2) is 16.1 Å². The Balaban J connectivity index is 1.83. The molecule has 2 aromatic carbocycles. The van der Waals surface area contributed by atoms with Crippen molar-refractivity contribution in [2.24, 2.45) is 5.10 Å². The van der Waals surface area contributed by atoms with Gasteiger partial charge in [-0.15, -0.1) is 0 Å². The molecule has 0 unspecified atom stereocenters. The number of benzene rings is 2. The van der Waals surface area contributed by atoms with Gasteiger partial charge in [0.1, 0.15) is 5.82 Å². The second kappa shape index (κ2) is 6.18. The quantitative estimate of drug-likeness (QED) is 0.452. The lowest BCUT2D eigenvalue weighted by Crippen LogP contribution is -1.94. The first kappa shape index (κ1) is 14.6. The van der Waals surface area contributed by atoms with Crippen molar-refractivity contribution in [3.63, 3.8) is 0 Å². The molecule has 7 heteroatoms. The Labute approximate surface area is 130 Å².